The molecule has 2 aliphatic rings. The van der Waals surface area contributed by atoms with Crippen LogP contribution in [0, 0.1) is 0 Å². The number of aromatic nitrogens is 4. The molecule has 2 aliphatic heterocycles. The zero-order chi connectivity index (χ0) is 18.1. The largest absolute Gasteiger partial charge is 0.357 e. The maximum Gasteiger partial charge on any atom is 0.255 e. The van der Waals surface area contributed by atoms with Crippen molar-refractivity contribution >= 4 is 11.8 Å². The van der Waals surface area contributed by atoms with Crippen molar-refractivity contribution in [1.82, 2.24) is 30.0 Å². The molecule has 136 valence electrons. The number of likely N-dealkylation sites (tertiary alicyclic amines) is 1. The molecule has 2 amide bonds. The zero-order valence-corrected chi connectivity index (χ0v) is 14.5. The quantitative estimate of drug-likeness (QED) is 0.809. The molecule has 1 spiro atoms. The molecule has 4 rings (SSSR count). The average Bonchev–Trinajstić information content (AvgIpc) is 3.18. The van der Waals surface area contributed by atoms with E-state index in [0.29, 0.717) is 38.0 Å². The third kappa shape index (κ3) is 2.74. The number of likely N-dealkylation sites (N-methyl/N-ethyl adjacent to an activating group) is 1. The van der Waals surface area contributed by atoms with Gasteiger partial charge >= 0.3 is 0 Å². The van der Waals surface area contributed by atoms with E-state index in [4.69, 9.17) is 4.74 Å². The van der Waals surface area contributed by atoms with E-state index in [9.17, 15) is 9.59 Å². The van der Waals surface area contributed by atoms with Crippen molar-refractivity contribution in [2.75, 3.05) is 20.1 Å². The highest BCUT2D eigenvalue weighted by Crippen LogP contribution is 2.40. The van der Waals surface area contributed by atoms with E-state index in [1.807, 2.05) is 10.8 Å². The summed E-state index contributed by atoms with van der Waals surface area (Å²) >= 11 is 0. The number of nitrogens with one attached hydrogen (secondary N) is 1. The summed E-state index contributed by atoms with van der Waals surface area (Å²) in [6.45, 7) is 1.49. The highest BCUT2D eigenvalue weighted by molar-refractivity contribution is 5.93. The molecule has 4 heterocycles. The van der Waals surface area contributed by atoms with Crippen molar-refractivity contribution in [3.05, 3.63) is 42.2 Å². The molecule has 1 fully saturated rings. The SMILES string of the molecule is CNC(=O)[C@@H]1Cn2ccnc2C2(CCN(C(=O)c3ccnnc3)CC2)O1. The van der Waals surface area contributed by atoms with Crippen molar-refractivity contribution in [2.45, 2.75) is 31.1 Å². The molecule has 26 heavy (non-hydrogen) atoms. The van der Waals surface area contributed by atoms with E-state index in [1.165, 1.54) is 12.4 Å². The van der Waals surface area contributed by atoms with Gasteiger partial charge < -0.3 is 19.5 Å². The Hall–Kier alpha value is -2.81. The summed E-state index contributed by atoms with van der Waals surface area (Å²) < 4.78 is 8.21. The van der Waals surface area contributed by atoms with Gasteiger partial charge in [-0.25, -0.2) is 4.98 Å². The first-order chi connectivity index (χ1) is 12.6. The minimum atomic E-state index is -0.647. The fourth-order valence-corrected chi connectivity index (χ4v) is 3.71. The Morgan fingerprint density at radius 3 is 2.77 bits per heavy atom. The molecule has 0 aliphatic carbocycles. The average molecular weight is 356 g/mol. The van der Waals surface area contributed by atoms with E-state index in [0.717, 1.165) is 5.82 Å². The van der Waals surface area contributed by atoms with Gasteiger partial charge in [-0.2, -0.15) is 10.2 Å². The van der Waals surface area contributed by atoms with Crippen molar-refractivity contribution in [2.24, 2.45) is 0 Å². The van der Waals surface area contributed by atoms with Gasteiger partial charge in [-0.05, 0) is 6.07 Å². The normalized spacial score (nSPS) is 21.3. The lowest BCUT2D eigenvalue weighted by Gasteiger charge is -2.45. The number of hydrogen-bond acceptors (Lipinski definition) is 6. The molecule has 2 aromatic heterocycles. The van der Waals surface area contributed by atoms with Crippen LogP contribution in [0.15, 0.2) is 30.9 Å². The van der Waals surface area contributed by atoms with Crippen LogP contribution in [0.3, 0.4) is 0 Å². The highest BCUT2D eigenvalue weighted by Gasteiger charge is 2.47. The molecule has 0 unspecified atom stereocenters. The van der Waals surface area contributed by atoms with E-state index in [2.05, 4.69) is 20.5 Å². The van der Waals surface area contributed by atoms with Crippen LogP contribution in [-0.2, 0) is 21.7 Å². The predicted molar refractivity (Wildman–Crippen MR) is 90.0 cm³/mol. The number of ether oxygens (including phenoxy) is 1. The molecular weight excluding hydrogens is 336 g/mol. The first kappa shape index (κ1) is 16.6. The fourth-order valence-electron chi connectivity index (χ4n) is 3.71. The lowest BCUT2D eigenvalue weighted by atomic mass is 9.88. The summed E-state index contributed by atoms with van der Waals surface area (Å²) in [6, 6.07) is 1.66. The van der Waals surface area contributed by atoms with Crippen molar-refractivity contribution in [3.8, 4) is 0 Å². The molecule has 0 bridgehead atoms. The summed E-state index contributed by atoms with van der Waals surface area (Å²) in [4.78, 5) is 31.0. The van der Waals surface area contributed by atoms with Crippen molar-refractivity contribution in [1.29, 1.82) is 0 Å². The van der Waals surface area contributed by atoms with Crippen molar-refractivity contribution < 1.29 is 14.3 Å². The second kappa shape index (κ2) is 6.49. The van der Waals surface area contributed by atoms with Gasteiger partial charge in [0.15, 0.2) is 6.10 Å². The van der Waals surface area contributed by atoms with Crippen LogP contribution in [-0.4, -0.2) is 62.7 Å². The Morgan fingerprint density at radius 2 is 2.08 bits per heavy atom. The topological polar surface area (TPSA) is 102 Å². The maximum absolute atomic E-state index is 12.6. The number of imidazole rings is 1. The van der Waals surface area contributed by atoms with Crippen LogP contribution in [0.4, 0.5) is 0 Å². The summed E-state index contributed by atoms with van der Waals surface area (Å²) in [7, 11) is 1.60. The van der Waals surface area contributed by atoms with Gasteiger partial charge in [0.05, 0.1) is 24.5 Å². The first-order valence-electron chi connectivity index (χ1n) is 8.60. The number of hydrogen-bond donors (Lipinski definition) is 1. The molecule has 9 heteroatoms. The molecule has 0 radical (unpaired) electrons. The number of fused-ring (bicyclic) bond motifs is 2. The Kier molecular flexibility index (Phi) is 4.15. The number of carbonyl (C=O) groups is 2. The van der Waals surface area contributed by atoms with Crippen LogP contribution in [0.1, 0.15) is 29.0 Å². The summed E-state index contributed by atoms with van der Waals surface area (Å²) in [5, 5.41) is 10.1. The first-order valence-corrected chi connectivity index (χ1v) is 8.60. The number of piperidine rings is 1. The molecular formula is C17H20N6O3. The summed E-state index contributed by atoms with van der Waals surface area (Å²) in [5.74, 6) is 0.608. The van der Waals surface area contributed by atoms with E-state index in [1.54, 1.807) is 24.2 Å². The summed E-state index contributed by atoms with van der Waals surface area (Å²) in [5.41, 5.74) is -0.128. The molecule has 9 nitrogen and oxygen atoms in total. The van der Waals surface area contributed by atoms with Crippen LogP contribution >= 0.6 is 0 Å². The van der Waals surface area contributed by atoms with Gasteiger partial charge in [0.1, 0.15) is 11.4 Å². The Bertz CT molecular complexity index is 813. The lowest BCUT2D eigenvalue weighted by Crippen LogP contribution is -2.54. The van der Waals surface area contributed by atoms with Gasteiger partial charge in [0.2, 0.25) is 0 Å². The van der Waals surface area contributed by atoms with Gasteiger partial charge in [-0.15, -0.1) is 0 Å². The molecule has 0 aromatic carbocycles. The monoisotopic (exact) mass is 356 g/mol. The van der Waals surface area contributed by atoms with Gasteiger partial charge in [-0.3, -0.25) is 9.59 Å². The Labute approximate surface area is 150 Å². The van der Waals surface area contributed by atoms with Crippen LogP contribution in [0.25, 0.3) is 0 Å². The zero-order valence-electron chi connectivity index (χ0n) is 14.5. The summed E-state index contributed by atoms with van der Waals surface area (Å²) in [6.07, 6.45) is 7.19. The van der Waals surface area contributed by atoms with Gasteiger partial charge in [-0.1, -0.05) is 0 Å². The second-order valence-corrected chi connectivity index (χ2v) is 6.54. The Balaban J connectivity index is 1.54. The minimum Gasteiger partial charge on any atom is -0.357 e. The predicted octanol–water partition coefficient (Wildman–Crippen LogP) is -0.0506. The molecule has 1 saturated heterocycles. The van der Waals surface area contributed by atoms with Crippen LogP contribution in [0.5, 0.6) is 0 Å². The highest BCUT2D eigenvalue weighted by atomic mass is 16.5. The van der Waals surface area contributed by atoms with E-state index >= 15 is 0 Å². The molecule has 2 aromatic rings. The molecule has 1 atom stereocenters. The fraction of sp³-hybridized carbons (Fsp3) is 0.471. The third-order valence-corrected chi connectivity index (χ3v) is 5.08. The Morgan fingerprint density at radius 1 is 1.27 bits per heavy atom. The maximum atomic E-state index is 12.6. The number of carbonyl (C=O) groups excluding carboxylic acids is 2. The number of nitrogens with zero attached hydrogens (tertiary/aromatic N) is 5. The number of amides is 2. The van der Waals surface area contributed by atoms with Crippen molar-refractivity contribution in [3.63, 3.8) is 0 Å². The van der Waals surface area contributed by atoms with E-state index < -0.39 is 11.7 Å². The van der Waals surface area contributed by atoms with E-state index in [-0.39, 0.29) is 11.8 Å². The third-order valence-electron chi connectivity index (χ3n) is 5.08. The molecule has 1 N–H and O–H groups in total. The number of rotatable bonds is 2. The smallest absolute Gasteiger partial charge is 0.255 e. The second-order valence-electron chi connectivity index (χ2n) is 6.54. The van der Waals surface area contributed by atoms with Crippen LogP contribution < -0.4 is 5.32 Å². The van der Waals surface area contributed by atoms with Crippen LogP contribution in [0.2, 0.25) is 0 Å². The minimum absolute atomic E-state index is 0.0725. The lowest BCUT2D eigenvalue weighted by molar-refractivity contribution is -0.171. The van der Waals surface area contributed by atoms with Gasteiger partial charge in [0.25, 0.3) is 11.8 Å². The van der Waals surface area contributed by atoms with Gasteiger partial charge in [0, 0.05) is 45.4 Å². The molecule has 0 saturated carbocycles. The standard InChI is InChI=1S/C17H20N6O3/c1-18-14(24)13-11-23-9-6-19-16(23)17(26-13)3-7-22(8-4-17)15(25)12-2-5-20-21-10-12/h2,5-6,9-10,13H,3-4,7-8,11H2,1H3,(H,18,24)/t13-/m0/s1.